The van der Waals surface area contributed by atoms with Gasteiger partial charge in [-0.3, -0.25) is 4.79 Å². The molecule has 148 valence electrons. The molecule has 0 atom stereocenters. The molecule has 1 saturated heterocycles. The first-order valence-electron chi connectivity index (χ1n) is 9.51. The number of amides is 1. The summed E-state index contributed by atoms with van der Waals surface area (Å²) >= 11 is 2.28. The maximum Gasteiger partial charge on any atom is 0.259 e. The second-order valence-corrected chi connectivity index (χ2v) is 8.38. The summed E-state index contributed by atoms with van der Waals surface area (Å²) in [6.07, 6.45) is 4.67. The summed E-state index contributed by atoms with van der Waals surface area (Å²) in [6, 6.07) is 14.1. The van der Waals surface area contributed by atoms with Crippen LogP contribution in [0.1, 0.15) is 30.0 Å². The van der Waals surface area contributed by atoms with E-state index in [1.54, 1.807) is 0 Å². The van der Waals surface area contributed by atoms with Crippen LogP contribution in [-0.2, 0) is 4.79 Å². The van der Waals surface area contributed by atoms with Crippen LogP contribution in [0.25, 0.3) is 11.3 Å². The van der Waals surface area contributed by atoms with Gasteiger partial charge in [-0.1, -0.05) is 43.5 Å². The van der Waals surface area contributed by atoms with E-state index < -0.39 is 0 Å². The van der Waals surface area contributed by atoms with Crippen molar-refractivity contribution in [2.75, 3.05) is 11.4 Å². The second kappa shape index (κ2) is 8.82. The molecule has 3 nitrogen and oxygen atoms in total. The minimum atomic E-state index is -0.0367. The van der Waals surface area contributed by atoms with E-state index in [-0.39, 0.29) is 5.91 Å². The number of rotatable bonds is 4. The van der Waals surface area contributed by atoms with Crippen molar-refractivity contribution >= 4 is 45.5 Å². The maximum absolute atomic E-state index is 13.6. The molecule has 2 aromatic rings. The molecule has 1 fully saturated rings. The van der Waals surface area contributed by atoms with Gasteiger partial charge in [-0.05, 0) is 89.4 Å². The minimum Gasteiger partial charge on any atom is -0.399 e. The lowest BCUT2D eigenvalue weighted by molar-refractivity contribution is -0.115. The lowest BCUT2D eigenvalue weighted by Gasteiger charge is -2.31. The van der Waals surface area contributed by atoms with Crippen LogP contribution >= 0.6 is 22.6 Å². The Balaban J connectivity index is 2.12. The van der Waals surface area contributed by atoms with E-state index in [4.69, 9.17) is 5.73 Å². The Hall–Kier alpha value is -2.60. The first-order chi connectivity index (χ1) is 13.8. The van der Waals surface area contributed by atoms with E-state index in [1.165, 1.54) is 0 Å². The monoisotopic (exact) mass is 496 g/mol. The fourth-order valence-corrected chi connectivity index (χ4v) is 3.91. The fraction of sp³-hybridized carbons (Fsp3) is 0.160. The SMILES string of the molecule is C=C1CCN(c2ccc(C)c(C(=C)N)c2)C(=O)/C1=C(/C=C\C)c1ccc(I)cc1. The van der Waals surface area contributed by atoms with Crippen molar-refractivity contribution < 1.29 is 4.79 Å². The van der Waals surface area contributed by atoms with Crippen LogP contribution < -0.4 is 10.6 Å². The molecule has 2 N–H and O–H groups in total. The van der Waals surface area contributed by atoms with E-state index in [9.17, 15) is 4.79 Å². The maximum atomic E-state index is 13.6. The molecule has 0 unspecified atom stereocenters. The molecule has 1 aliphatic heterocycles. The van der Waals surface area contributed by atoms with Gasteiger partial charge in [0.1, 0.15) is 0 Å². The third-order valence-corrected chi connectivity index (χ3v) is 5.81. The van der Waals surface area contributed by atoms with Gasteiger partial charge in [0.15, 0.2) is 0 Å². The Morgan fingerprint density at radius 2 is 1.90 bits per heavy atom. The number of piperidine rings is 1. The fourth-order valence-electron chi connectivity index (χ4n) is 3.56. The number of aryl methyl sites for hydroxylation is 1. The van der Waals surface area contributed by atoms with E-state index in [1.807, 2.05) is 73.4 Å². The summed E-state index contributed by atoms with van der Waals surface area (Å²) in [6.45, 7) is 12.6. The molecule has 0 radical (unpaired) electrons. The molecule has 1 amide bonds. The van der Waals surface area contributed by atoms with Crippen molar-refractivity contribution in [1.29, 1.82) is 0 Å². The number of anilines is 1. The Kier molecular flexibility index (Phi) is 6.42. The van der Waals surface area contributed by atoms with Gasteiger partial charge in [0.05, 0.1) is 5.57 Å². The number of carbonyl (C=O) groups excluding carboxylic acids is 1. The molecule has 1 aliphatic rings. The molecule has 2 aromatic carbocycles. The number of nitrogens with zero attached hydrogens (tertiary/aromatic N) is 1. The predicted octanol–water partition coefficient (Wildman–Crippen LogP) is 5.85. The Morgan fingerprint density at radius 1 is 1.21 bits per heavy atom. The van der Waals surface area contributed by atoms with Crippen molar-refractivity contribution in [2.24, 2.45) is 5.73 Å². The molecule has 0 bridgehead atoms. The Bertz CT molecular complexity index is 1040. The van der Waals surface area contributed by atoms with E-state index in [0.717, 1.165) is 43.5 Å². The van der Waals surface area contributed by atoms with Crippen LogP contribution in [0.3, 0.4) is 0 Å². The highest BCUT2D eigenvalue weighted by molar-refractivity contribution is 14.1. The Labute approximate surface area is 186 Å². The summed E-state index contributed by atoms with van der Waals surface area (Å²) in [5.41, 5.74) is 12.6. The average Bonchev–Trinajstić information content (AvgIpc) is 2.68. The van der Waals surface area contributed by atoms with Crippen molar-refractivity contribution in [1.82, 2.24) is 0 Å². The van der Waals surface area contributed by atoms with Crippen LogP contribution in [-0.4, -0.2) is 12.5 Å². The number of allylic oxidation sites excluding steroid dienone is 3. The summed E-state index contributed by atoms with van der Waals surface area (Å²) in [7, 11) is 0. The lowest BCUT2D eigenvalue weighted by atomic mass is 9.89. The van der Waals surface area contributed by atoms with Gasteiger partial charge in [-0.25, -0.2) is 0 Å². The third kappa shape index (κ3) is 4.37. The predicted molar refractivity (Wildman–Crippen MR) is 131 cm³/mol. The van der Waals surface area contributed by atoms with Gasteiger partial charge in [-0.15, -0.1) is 0 Å². The van der Waals surface area contributed by atoms with Crippen molar-refractivity contribution in [3.8, 4) is 0 Å². The lowest BCUT2D eigenvalue weighted by Crippen LogP contribution is -2.38. The number of halogens is 1. The standard InChI is InChI=1S/C25H25IN2O/c1-5-6-22(19-8-10-20(26)11-9-19)24-17(3)13-14-28(25(24)29)21-12-7-16(2)23(15-21)18(4)27/h5-12,15H,3-4,13-14,27H2,1-2H3/b6-5-,24-22-. The molecular formula is C25H25IN2O. The van der Waals surface area contributed by atoms with Gasteiger partial charge in [0.2, 0.25) is 0 Å². The average molecular weight is 496 g/mol. The van der Waals surface area contributed by atoms with E-state index in [0.29, 0.717) is 17.8 Å². The van der Waals surface area contributed by atoms with Crippen LogP contribution in [0.4, 0.5) is 5.69 Å². The summed E-state index contributed by atoms with van der Waals surface area (Å²) in [5, 5.41) is 0. The molecule has 4 heteroatoms. The quantitative estimate of drug-likeness (QED) is 0.426. The van der Waals surface area contributed by atoms with Crippen LogP contribution in [0.15, 0.2) is 78.9 Å². The normalized spacial score (nSPS) is 16.4. The van der Waals surface area contributed by atoms with Gasteiger partial charge in [-0.2, -0.15) is 0 Å². The number of carbonyl (C=O) groups is 1. The van der Waals surface area contributed by atoms with E-state index in [2.05, 4.69) is 35.7 Å². The third-order valence-electron chi connectivity index (χ3n) is 5.09. The zero-order chi connectivity index (χ0) is 21.1. The zero-order valence-corrected chi connectivity index (χ0v) is 19.0. The summed E-state index contributed by atoms with van der Waals surface area (Å²) in [5.74, 6) is -0.0367. The first-order valence-corrected chi connectivity index (χ1v) is 10.6. The minimum absolute atomic E-state index is 0.0367. The molecule has 0 saturated carbocycles. The van der Waals surface area contributed by atoms with E-state index >= 15 is 0 Å². The highest BCUT2D eigenvalue weighted by Gasteiger charge is 2.29. The van der Waals surface area contributed by atoms with Crippen LogP contribution in [0.2, 0.25) is 0 Å². The van der Waals surface area contributed by atoms with Crippen LogP contribution in [0, 0.1) is 10.5 Å². The first kappa shape index (κ1) is 21.1. The Morgan fingerprint density at radius 3 is 2.52 bits per heavy atom. The smallest absolute Gasteiger partial charge is 0.259 e. The van der Waals surface area contributed by atoms with Gasteiger partial charge in [0, 0.05) is 27.1 Å². The topological polar surface area (TPSA) is 46.3 Å². The number of hydrogen-bond donors (Lipinski definition) is 1. The molecule has 0 aromatic heterocycles. The highest BCUT2D eigenvalue weighted by atomic mass is 127. The van der Waals surface area contributed by atoms with Gasteiger partial charge >= 0.3 is 0 Å². The largest absolute Gasteiger partial charge is 0.399 e. The second-order valence-electron chi connectivity index (χ2n) is 7.13. The molecule has 0 spiro atoms. The summed E-state index contributed by atoms with van der Waals surface area (Å²) < 4.78 is 1.15. The number of benzene rings is 2. The van der Waals surface area contributed by atoms with Crippen LogP contribution in [0.5, 0.6) is 0 Å². The molecule has 29 heavy (non-hydrogen) atoms. The number of nitrogens with two attached hydrogens (primary N) is 1. The van der Waals surface area contributed by atoms with Gasteiger partial charge in [0.25, 0.3) is 5.91 Å². The summed E-state index contributed by atoms with van der Waals surface area (Å²) in [4.78, 5) is 15.4. The van der Waals surface area contributed by atoms with Crippen molar-refractivity contribution in [3.05, 3.63) is 99.2 Å². The van der Waals surface area contributed by atoms with Crippen molar-refractivity contribution in [3.63, 3.8) is 0 Å². The molecule has 1 heterocycles. The molecular weight excluding hydrogens is 471 g/mol. The van der Waals surface area contributed by atoms with Gasteiger partial charge < -0.3 is 10.6 Å². The molecule has 3 rings (SSSR count). The van der Waals surface area contributed by atoms with Crippen molar-refractivity contribution in [2.45, 2.75) is 20.3 Å². The number of hydrogen-bond acceptors (Lipinski definition) is 2. The molecule has 0 aliphatic carbocycles. The zero-order valence-electron chi connectivity index (χ0n) is 16.8. The highest BCUT2D eigenvalue weighted by Crippen LogP contribution is 2.34.